The normalized spacial score (nSPS) is 13.3. The highest BCUT2D eigenvalue weighted by Gasteiger charge is 2.29. The van der Waals surface area contributed by atoms with Crippen molar-refractivity contribution in [3.8, 4) is 11.3 Å². The number of aromatic nitrogens is 4. The Kier molecular flexibility index (Phi) is 8.13. The Morgan fingerprint density at radius 2 is 1.72 bits per heavy atom. The van der Waals surface area contributed by atoms with Crippen LogP contribution in [0.1, 0.15) is 38.4 Å². The zero-order valence-electron chi connectivity index (χ0n) is 24.5. The van der Waals surface area contributed by atoms with Crippen LogP contribution in [0.4, 0.5) is 5.82 Å². The van der Waals surface area contributed by atoms with Gasteiger partial charge in [-0.2, -0.15) is 0 Å². The van der Waals surface area contributed by atoms with Gasteiger partial charge < -0.3 is 19.7 Å². The van der Waals surface area contributed by atoms with E-state index in [9.17, 15) is 9.59 Å². The number of hydrogen-bond acceptors (Lipinski definition) is 6. The monoisotopic (exact) mass is 573 g/mol. The molecule has 43 heavy (non-hydrogen) atoms. The van der Waals surface area contributed by atoms with Crippen molar-refractivity contribution < 1.29 is 9.59 Å². The summed E-state index contributed by atoms with van der Waals surface area (Å²) in [5.74, 6) is 0.502. The maximum absolute atomic E-state index is 14.1. The predicted molar refractivity (Wildman–Crippen MR) is 168 cm³/mol. The highest BCUT2D eigenvalue weighted by molar-refractivity contribution is 6.13. The van der Waals surface area contributed by atoms with Crippen LogP contribution in [0.5, 0.6) is 0 Å². The molecule has 0 atom stereocenters. The number of rotatable bonds is 8. The number of amides is 2. The molecule has 1 saturated heterocycles. The lowest BCUT2D eigenvalue weighted by molar-refractivity contribution is 0.0748. The molecule has 9 nitrogen and oxygen atoms in total. The third-order valence-corrected chi connectivity index (χ3v) is 8.03. The lowest BCUT2D eigenvalue weighted by Crippen LogP contribution is -2.49. The van der Waals surface area contributed by atoms with Crippen LogP contribution >= 0.6 is 0 Å². The molecule has 2 aromatic carbocycles. The van der Waals surface area contributed by atoms with Gasteiger partial charge in [-0.3, -0.25) is 14.6 Å². The summed E-state index contributed by atoms with van der Waals surface area (Å²) in [4.78, 5) is 43.7. The molecule has 5 aromatic rings. The van der Waals surface area contributed by atoms with Gasteiger partial charge in [-0.15, -0.1) is 0 Å². The van der Waals surface area contributed by atoms with Crippen molar-refractivity contribution in [1.82, 2.24) is 29.7 Å². The molecule has 3 aromatic heterocycles. The van der Waals surface area contributed by atoms with Gasteiger partial charge >= 0.3 is 0 Å². The van der Waals surface area contributed by atoms with Crippen molar-refractivity contribution in [2.24, 2.45) is 7.05 Å². The Bertz CT molecular complexity index is 1730. The third kappa shape index (κ3) is 5.97. The Morgan fingerprint density at radius 3 is 2.44 bits per heavy atom. The number of nitrogens with one attached hydrogen (secondary N) is 1. The number of carbonyl (C=O) groups is 2. The fraction of sp³-hybridized carbons (Fsp3) is 0.265. The molecule has 2 amide bonds. The highest BCUT2D eigenvalue weighted by Crippen LogP contribution is 2.35. The largest absolute Gasteiger partial charge is 0.352 e. The lowest BCUT2D eigenvalue weighted by atomic mass is 10.0. The minimum atomic E-state index is -0.236. The van der Waals surface area contributed by atoms with E-state index >= 15 is 0 Å². The summed E-state index contributed by atoms with van der Waals surface area (Å²) < 4.78 is 2.13. The van der Waals surface area contributed by atoms with Crippen molar-refractivity contribution in [3.63, 3.8) is 0 Å². The first-order valence-corrected chi connectivity index (χ1v) is 14.7. The maximum Gasteiger partial charge on any atom is 0.271 e. The van der Waals surface area contributed by atoms with E-state index in [0.29, 0.717) is 44.2 Å². The molecule has 1 fully saturated rings. The minimum absolute atomic E-state index is 0.0383. The van der Waals surface area contributed by atoms with Crippen molar-refractivity contribution in [3.05, 3.63) is 108 Å². The molecule has 1 N–H and O–H groups in total. The number of piperazine rings is 1. The van der Waals surface area contributed by atoms with Gasteiger partial charge in [-0.25, -0.2) is 9.97 Å². The molecule has 0 aliphatic carbocycles. The Hall–Kier alpha value is -5.05. The van der Waals surface area contributed by atoms with E-state index in [1.165, 1.54) is 6.20 Å². The van der Waals surface area contributed by atoms with E-state index in [0.717, 1.165) is 51.7 Å². The van der Waals surface area contributed by atoms with Gasteiger partial charge in [0.25, 0.3) is 11.8 Å². The second-order valence-electron chi connectivity index (χ2n) is 10.9. The van der Waals surface area contributed by atoms with Gasteiger partial charge in [0.2, 0.25) is 0 Å². The zero-order chi connectivity index (χ0) is 29.8. The van der Waals surface area contributed by atoms with Gasteiger partial charge in [0.15, 0.2) is 0 Å². The maximum atomic E-state index is 14.1. The molecule has 0 radical (unpaired) electrons. The van der Waals surface area contributed by atoms with E-state index in [2.05, 4.69) is 67.0 Å². The molecule has 4 heterocycles. The number of aryl methyl sites for hydroxylation is 3. The van der Waals surface area contributed by atoms with E-state index < -0.39 is 0 Å². The quantitative estimate of drug-likeness (QED) is 0.271. The molecule has 1 aliphatic heterocycles. The number of carbonyl (C=O) groups excluding carboxylic acids is 2. The molecule has 218 valence electrons. The van der Waals surface area contributed by atoms with E-state index in [4.69, 9.17) is 0 Å². The van der Waals surface area contributed by atoms with Crippen LogP contribution in [0.3, 0.4) is 0 Å². The number of benzene rings is 2. The number of pyridine rings is 1. The molecular weight excluding hydrogens is 538 g/mol. The van der Waals surface area contributed by atoms with Crippen LogP contribution in [0.2, 0.25) is 0 Å². The molecule has 9 heteroatoms. The zero-order valence-corrected chi connectivity index (χ0v) is 24.5. The predicted octanol–water partition coefficient (Wildman–Crippen LogP) is 4.66. The molecular formula is C34H35N7O2. The molecule has 6 rings (SSSR count). The van der Waals surface area contributed by atoms with Crippen LogP contribution in [0.25, 0.3) is 22.2 Å². The Labute approximate surface area is 251 Å². The van der Waals surface area contributed by atoms with Gasteiger partial charge in [-0.05, 0) is 49.1 Å². The summed E-state index contributed by atoms with van der Waals surface area (Å²) in [5, 5.41) is 3.89. The van der Waals surface area contributed by atoms with Crippen molar-refractivity contribution in [2.45, 2.75) is 19.8 Å². The first-order valence-electron chi connectivity index (χ1n) is 14.7. The molecule has 0 bridgehead atoms. The van der Waals surface area contributed by atoms with Crippen LogP contribution < -0.4 is 10.2 Å². The molecule has 0 saturated carbocycles. The van der Waals surface area contributed by atoms with Gasteiger partial charge in [-0.1, -0.05) is 48.0 Å². The number of nitrogens with zero attached hydrogens (tertiary/aromatic N) is 6. The Balaban J connectivity index is 1.10. The minimum Gasteiger partial charge on any atom is -0.352 e. The van der Waals surface area contributed by atoms with Crippen LogP contribution in [0.15, 0.2) is 85.5 Å². The number of hydrogen-bond donors (Lipinski definition) is 1. The van der Waals surface area contributed by atoms with E-state index in [1.807, 2.05) is 48.5 Å². The smallest absolute Gasteiger partial charge is 0.271 e. The molecule has 1 aliphatic rings. The van der Waals surface area contributed by atoms with E-state index in [-0.39, 0.29) is 11.8 Å². The van der Waals surface area contributed by atoms with Crippen molar-refractivity contribution in [2.75, 3.05) is 37.6 Å². The summed E-state index contributed by atoms with van der Waals surface area (Å²) in [6, 6.07) is 20.3. The first kappa shape index (κ1) is 28.1. The van der Waals surface area contributed by atoms with Crippen LogP contribution in [-0.4, -0.2) is 69.0 Å². The van der Waals surface area contributed by atoms with Crippen molar-refractivity contribution >= 4 is 28.5 Å². The lowest BCUT2D eigenvalue weighted by Gasteiger charge is -2.35. The average molecular weight is 574 g/mol. The standard InChI is InChI=1S/C34H35N7O2/c1-24-12-13-29-27(20-24)31(32(39(29)2)26-10-4-3-5-11-26)34(43)41-18-16-40(17-19-41)30-23-37-28(22-38-30)33(42)36-15-7-9-25-8-6-14-35-21-25/h3-6,8,10-14,20-23H,7,9,15-19H2,1-2H3,(H,36,42). The Morgan fingerprint density at radius 1 is 0.907 bits per heavy atom. The van der Waals surface area contributed by atoms with E-state index in [1.54, 1.807) is 12.4 Å². The number of fused-ring (bicyclic) bond motifs is 1. The van der Waals surface area contributed by atoms with Crippen molar-refractivity contribution in [1.29, 1.82) is 0 Å². The summed E-state index contributed by atoms with van der Waals surface area (Å²) in [5.41, 5.74) is 6.30. The average Bonchev–Trinajstić information content (AvgIpc) is 3.34. The first-order chi connectivity index (χ1) is 21.0. The second kappa shape index (κ2) is 12.4. The highest BCUT2D eigenvalue weighted by atomic mass is 16.2. The second-order valence-corrected chi connectivity index (χ2v) is 10.9. The van der Waals surface area contributed by atoms with Gasteiger partial charge in [0, 0.05) is 63.1 Å². The molecule has 0 spiro atoms. The summed E-state index contributed by atoms with van der Waals surface area (Å²) in [6.45, 7) is 5.00. The fourth-order valence-corrected chi connectivity index (χ4v) is 5.74. The fourth-order valence-electron chi connectivity index (χ4n) is 5.74. The third-order valence-electron chi connectivity index (χ3n) is 8.03. The SMILES string of the molecule is Cc1ccc2c(c1)c(C(=O)N1CCN(c3cnc(C(=O)NCCCc4cccnc4)cn3)CC1)c(-c1ccccc1)n2C. The summed E-state index contributed by atoms with van der Waals surface area (Å²) in [6.07, 6.45) is 8.42. The summed E-state index contributed by atoms with van der Waals surface area (Å²) >= 11 is 0. The molecule has 0 unspecified atom stereocenters. The summed E-state index contributed by atoms with van der Waals surface area (Å²) in [7, 11) is 2.03. The number of anilines is 1. The van der Waals surface area contributed by atoms with Gasteiger partial charge in [0.1, 0.15) is 11.5 Å². The van der Waals surface area contributed by atoms with Crippen LogP contribution in [-0.2, 0) is 13.5 Å². The van der Waals surface area contributed by atoms with Gasteiger partial charge in [0.05, 0.1) is 23.7 Å². The van der Waals surface area contributed by atoms with Crippen LogP contribution in [0, 0.1) is 6.92 Å². The topological polar surface area (TPSA) is 96.2 Å².